The molecule has 17 heavy (non-hydrogen) atoms. The Morgan fingerprint density at radius 1 is 1.35 bits per heavy atom. The van der Waals surface area contributed by atoms with Gasteiger partial charge >= 0.3 is 0 Å². The molecule has 0 spiro atoms. The molecule has 0 aromatic heterocycles. The fourth-order valence-electron chi connectivity index (χ4n) is 2.46. The van der Waals surface area contributed by atoms with Crippen LogP contribution in [0.3, 0.4) is 0 Å². The van der Waals surface area contributed by atoms with E-state index in [0.717, 1.165) is 13.0 Å². The Hall–Kier alpha value is -0.280. The lowest BCUT2D eigenvalue weighted by molar-refractivity contribution is 0.117. The summed E-state index contributed by atoms with van der Waals surface area (Å²) in [5.41, 5.74) is 1.17. The number of hydrogen-bond acceptors (Lipinski definition) is 2. The average Bonchev–Trinajstić information content (AvgIpc) is 2.71. The van der Waals surface area contributed by atoms with Crippen molar-refractivity contribution in [3.05, 3.63) is 33.8 Å². The molecule has 1 aliphatic rings. The first-order chi connectivity index (χ1) is 8.11. The van der Waals surface area contributed by atoms with E-state index in [-0.39, 0.29) is 6.04 Å². The first-order valence-electron chi connectivity index (χ1n) is 5.85. The first-order valence-corrected chi connectivity index (χ1v) is 6.61. The SMILES string of the molecule is CNC(c1ccc(Cl)c(Cl)c1)C1COC(C)C1. The van der Waals surface area contributed by atoms with Crippen LogP contribution in [0.5, 0.6) is 0 Å². The van der Waals surface area contributed by atoms with Crippen LogP contribution in [-0.4, -0.2) is 19.8 Å². The normalized spacial score (nSPS) is 26.1. The standard InChI is InChI=1S/C13H17Cl2NO/c1-8-5-10(7-17-8)13(16-2)9-3-4-11(14)12(15)6-9/h3-4,6,8,10,13,16H,5,7H2,1-2H3. The summed E-state index contributed by atoms with van der Waals surface area (Å²) in [7, 11) is 1.97. The van der Waals surface area contributed by atoms with Gasteiger partial charge in [0.15, 0.2) is 0 Å². The number of nitrogens with one attached hydrogen (secondary N) is 1. The number of rotatable bonds is 3. The molecule has 1 fully saturated rings. The Labute approximate surface area is 112 Å². The molecule has 3 unspecified atom stereocenters. The third kappa shape index (κ3) is 2.94. The fourth-order valence-corrected chi connectivity index (χ4v) is 2.77. The summed E-state index contributed by atoms with van der Waals surface area (Å²) in [4.78, 5) is 0. The van der Waals surface area contributed by atoms with E-state index in [9.17, 15) is 0 Å². The molecule has 0 amide bonds. The molecule has 94 valence electrons. The average molecular weight is 274 g/mol. The Morgan fingerprint density at radius 2 is 2.12 bits per heavy atom. The lowest BCUT2D eigenvalue weighted by Gasteiger charge is -2.22. The van der Waals surface area contributed by atoms with Gasteiger partial charge < -0.3 is 10.1 Å². The molecule has 0 saturated carbocycles. The van der Waals surface area contributed by atoms with Gasteiger partial charge in [0.2, 0.25) is 0 Å². The zero-order chi connectivity index (χ0) is 12.4. The van der Waals surface area contributed by atoms with Crippen molar-refractivity contribution < 1.29 is 4.74 Å². The summed E-state index contributed by atoms with van der Waals surface area (Å²) in [5, 5.41) is 4.55. The maximum Gasteiger partial charge on any atom is 0.0595 e. The summed E-state index contributed by atoms with van der Waals surface area (Å²) in [6.07, 6.45) is 1.42. The lowest BCUT2D eigenvalue weighted by atomic mass is 9.91. The zero-order valence-corrected chi connectivity index (χ0v) is 11.6. The van der Waals surface area contributed by atoms with Crippen LogP contribution in [0.25, 0.3) is 0 Å². The first kappa shape index (κ1) is 13.2. The largest absolute Gasteiger partial charge is 0.378 e. The number of benzene rings is 1. The van der Waals surface area contributed by atoms with Crippen LogP contribution in [0.15, 0.2) is 18.2 Å². The number of hydrogen-bond donors (Lipinski definition) is 1. The highest BCUT2D eigenvalue weighted by molar-refractivity contribution is 6.42. The van der Waals surface area contributed by atoms with Crippen molar-refractivity contribution in [1.29, 1.82) is 0 Å². The predicted molar refractivity (Wildman–Crippen MR) is 71.8 cm³/mol. The van der Waals surface area contributed by atoms with E-state index < -0.39 is 0 Å². The molecule has 1 aromatic rings. The van der Waals surface area contributed by atoms with E-state index in [0.29, 0.717) is 22.1 Å². The highest BCUT2D eigenvalue weighted by Crippen LogP contribution is 2.34. The van der Waals surface area contributed by atoms with E-state index in [1.54, 1.807) is 0 Å². The molecule has 1 saturated heterocycles. The van der Waals surface area contributed by atoms with Gasteiger partial charge in [0.25, 0.3) is 0 Å². The van der Waals surface area contributed by atoms with Gasteiger partial charge in [-0.15, -0.1) is 0 Å². The molecular weight excluding hydrogens is 257 g/mol. The summed E-state index contributed by atoms with van der Waals surface area (Å²) < 4.78 is 5.62. The van der Waals surface area contributed by atoms with Gasteiger partial charge in [0.1, 0.15) is 0 Å². The van der Waals surface area contributed by atoms with Crippen molar-refractivity contribution in [2.45, 2.75) is 25.5 Å². The highest BCUT2D eigenvalue weighted by atomic mass is 35.5. The van der Waals surface area contributed by atoms with Crippen molar-refractivity contribution in [3.63, 3.8) is 0 Å². The van der Waals surface area contributed by atoms with E-state index >= 15 is 0 Å². The van der Waals surface area contributed by atoms with Gasteiger partial charge in [-0.3, -0.25) is 0 Å². The molecule has 0 aliphatic carbocycles. The molecule has 0 radical (unpaired) electrons. The molecule has 2 nitrogen and oxygen atoms in total. The molecule has 4 heteroatoms. The van der Waals surface area contributed by atoms with Crippen molar-refractivity contribution >= 4 is 23.2 Å². The van der Waals surface area contributed by atoms with Crippen molar-refractivity contribution in [2.75, 3.05) is 13.7 Å². The van der Waals surface area contributed by atoms with Crippen LogP contribution in [-0.2, 0) is 4.74 Å². The summed E-state index contributed by atoms with van der Waals surface area (Å²) >= 11 is 12.0. The lowest BCUT2D eigenvalue weighted by Crippen LogP contribution is -2.25. The van der Waals surface area contributed by atoms with Gasteiger partial charge in [-0.1, -0.05) is 29.3 Å². The van der Waals surface area contributed by atoms with Gasteiger partial charge in [-0.25, -0.2) is 0 Å². The molecule has 2 rings (SSSR count). The van der Waals surface area contributed by atoms with Gasteiger partial charge in [0, 0.05) is 12.0 Å². The van der Waals surface area contributed by atoms with E-state index in [1.807, 2.05) is 25.2 Å². The van der Waals surface area contributed by atoms with Crippen LogP contribution < -0.4 is 5.32 Å². The maximum atomic E-state index is 6.06. The molecule has 1 heterocycles. The van der Waals surface area contributed by atoms with Crippen LogP contribution in [0.4, 0.5) is 0 Å². The molecule has 1 aliphatic heterocycles. The third-order valence-electron chi connectivity index (χ3n) is 3.31. The minimum absolute atomic E-state index is 0.273. The monoisotopic (exact) mass is 273 g/mol. The van der Waals surface area contributed by atoms with E-state index in [2.05, 4.69) is 12.2 Å². The maximum absolute atomic E-state index is 6.06. The number of ether oxygens (including phenoxy) is 1. The van der Waals surface area contributed by atoms with E-state index in [4.69, 9.17) is 27.9 Å². The summed E-state index contributed by atoms with van der Waals surface area (Å²) in [5.74, 6) is 0.493. The van der Waals surface area contributed by atoms with Crippen LogP contribution in [0.1, 0.15) is 24.9 Å². The minimum Gasteiger partial charge on any atom is -0.378 e. The quantitative estimate of drug-likeness (QED) is 0.907. The minimum atomic E-state index is 0.273. The molecule has 1 N–H and O–H groups in total. The highest BCUT2D eigenvalue weighted by Gasteiger charge is 2.29. The molecule has 0 bridgehead atoms. The zero-order valence-electron chi connectivity index (χ0n) is 10.0. The molecule has 3 atom stereocenters. The second-order valence-electron chi connectivity index (χ2n) is 4.58. The van der Waals surface area contributed by atoms with Crippen molar-refractivity contribution in [3.8, 4) is 0 Å². The Kier molecular flexibility index (Phi) is 4.31. The van der Waals surface area contributed by atoms with Crippen molar-refractivity contribution in [2.24, 2.45) is 5.92 Å². The molecule has 1 aromatic carbocycles. The Bertz CT molecular complexity index is 397. The second-order valence-corrected chi connectivity index (χ2v) is 5.39. The molecular formula is C13H17Cl2NO. The van der Waals surface area contributed by atoms with E-state index in [1.165, 1.54) is 5.56 Å². The Balaban J connectivity index is 2.20. The summed E-state index contributed by atoms with van der Waals surface area (Å²) in [6.45, 7) is 2.91. The van der Waals surface area contributed by atoms with Crippen LogP contribution in [0.2, 0.25) is 10.0 Å². The van der Waals surface area contributed by atoms with Gasteiger partial charge in [-0.05, 0) is 38.1 Å². The number of halogens is 2. The van der Waals surface area contributed by atoms with Crippen LogP contribution in [0, 0.1) is 5.92 Å². The smallest absolute Gasteiger partial charge is 0.0595 e. The fraction of sp³-hybridized carbons (Fsp3) is 0.538. The van der Waals surface area contributed by atoms with Crippen LogP contribution >= 0.6 is 23.2 Å². The Morgan fingerprint density at radius 3 is 2.65 bits per heavy atom. The summed E-state index contributed by atoms with van der Waals surface area (Å²) in [6, 6.07) is 6.09. The van der Waals surface area contributed by atoms with Crippen molar-refractivity contribution in [1.82, 2.24) is 5.32 Å². The second kappa shape index (κ2) is 5.57. The predicted octanol–water partition coefficient (Wildman–Crippen LogP) is 3.68. The third-order valence-corrected chi connectivity index (χ3v) is 4.05. The van der Waals surface area contributed by atoms with Gasteiger partial charge in [-0.2, -0.15) is 0 Å². The topological polar surface area (TPSA) is 21.3 Å². The van der Waals surface area contributed by atoms with Gasteiger partial charge in [0.05, 0.1) is 22.8 Å².